The number of methoxy groups -OCH3 is 1. The summed E-state index contributed by atoms with van der Waals surface area (Å²) in [6, 6.07) is 11.4. The van der Waals surface area contributed by atoms with E-state index in [0.29, 0.717) is 31.9 Å². The molecule has 0 aromatic heterocycles. The number of nitrogens with one attached hydrogen (secondary N) is 1. The van der Waals surface area contributed by atoms with Crippen LogP contribution in [0.2, 0.25) is 5.02 Å². The Balaban J connectivity index is 1.46. The number of benzene rings is 2. The van der Waals surface area contributed by atoms with Gasteiger partial charge in [0.25, 0.3) is 5.91 Å². The molecule has 2 aliphatic carbocycles. The van der Waals surface area contributed by atoms with E-state index in [1.807, 2.05) is 53.0 Å². The molecule has 1 saturated carbocycles. The van der Waals surface area contributed by atoms with Crippen molar-refractivity contribution in [2.75, 3.05) is 38.8 Å². The number of hydrogen-bond acceptors (Lipinski definition) is 7. The number of anilines is 1. The first kappa shape index (κ1) is 37.7. The monoisotopic (exact) mass is 739 g/mol. The van der Waals surface area contributed by atoms with Gasteiger partial charge in [-0.15, -0.1) is 0 Å². The number of carbonyl (C=O) groups is 2. The third kappa shape index (κ3) is 7.30. The number of sulfonamides is 1. The van der Waals surface area contributed by atoms with Gasteiger partial charge in [0.15, 0.2) is 0 Å². The average molecular weight is 740 g/mol. The van der Waals surface area contributed by atoms with E-state index in [1.54, 1.807) is 37.1 Å². The Kier molecular flexibility index (Phi) is 10.4. The van der Waals surface area contributed by atoms with Gasteiger partial charge in [0.1, 0.15) is 5.75 Å². The quantitative estimate of drug-likeness (QED) is 0.341. The SMILES string of the molecule is CO[C@@]1(CC(=O)N(C)C(C)(C)C)/C=C/C[C@H](C)[C@@H](C)S(=O)(=O)NC(=O)c2ccc3c(c2)N(C[C@@H]2CC[C@H]21)C[C@@]1(CCCc2cc(Cl)ccc21)CO3. The van der Waals surface area contributed by atoms with E-state index in [0.717, 1.165) is 42.8 Å². The smallest absolute Gasteiger partial charge is 0.264 e. The molecule has 2 aromatic carbocycles. The number of nitrogens with zero attached hydrogens (tertiary/aromatic N) is 2. The second kappa shape index (κ2) is 14.0. The first-order valence-electron chi connectivity index (χ1n) is 18.3. The summed E-state index contributed by atoms with van der Waals surface area (Å²) in [5, 5.41) is -0.127. The van der Waals surface area contributed by atoms with Crippen molar-refractivity contribution in [3.8, 4) is 5.75 Å². The highest BCUT2D eigenvalue weighted by molar-refractivity contribution is 7.90. The van der Waals surface area contributed by atoms with Crippen LogP contribution in [-0.2, 0) is 31.4 Å². The third-order valence-corrected chi connectivity index (χ3v) is 14.6. The number of rotatable bonds is 3. The summed E-state index contributed by atoms with van der Waals surface area (Å²) >= 11 is 6.47. The molecule has 1 N–H and O–H groups in total. The second-order valence-electron chi connectivity index (χ2n) is 16.5. The van der Waals surface area contributed by atoms with Crippen molar-refractivity contribution < 1.29 is 27.5 Å². The van der Waals surface area contributed by atoms with E-state index in [9.17, 15) is 18.0 Å². The largest absolute Gasteiger partial charge is 0.490 e. The minimum absolute atomic E-state index is 0.00431. The molecule has 6 atom stereocenters. The van der Waals surface area contributed by atoms with Gasteiger partial charge in [-0.25, -0.2) is 13.1 Å². The highest BCUT2D eigenvalue weighted by atomic mass is 35.5. The molecule has 1 spiro atoms. The summed E-state index contributed by atoms with van der Waals surface area (Å²) < 4.78 is 42.5. The molecule has 6 rings (SSSR count). The summed E-state index contributed by atoms with van der Waals surface area (Å²) in [5.41, 5.74) is 1.93. The minimum Gasteiger partial charge on any atom is -0.490 e. The molecule has 11 heteroatoms. The van der Waals surface area contributed by atoms with Gasteiger partial charge in [-0.05, 0) is 125 Å². The van der Waals surface area contributed by atoms with Gasteiger partial charge in [0.05, 0.1) is 29.6 Å². The summed E-state index contributed by atoms with van der Waals surface area (Å²) in [6.07, 6.45) is 9.35. The number of fused-ring (bicyclic) bond motifs is 4. The molecule has 0 saturated heterocycles. The van der Waals surface area contributed by atoms with Crippen LogP contribution in [0.4, 0.5) is 5.69 Å². The number of allylic oxidation sites excluding steroid dienone is 1. The van der Waals surface area contributed by atoms with Crippen LogP contribution in [0.25, 0.3) is 0 Å². The molecule has 2 aromatic rings. The summed E-state index contributed by atoms with van der Waals surface area (Å²) in [7, 11) is -0.478. The van der Waals surface area contributed by atoms with Gasteiger partial charge >= 0.3 is 0 Å². The van der Waals surface area contributed by atoms with E-state index >= 15 is 0 Å². The Morgan fingerprint density at radius 1 is 1.16 bits per heavy atom. The second-order valence-corrected chi connectivity index (χ2v) is 19.0. The van der Waals surface area contributed by atoms with Crippen molar-refractivity contribution in [2.24, 2.45) is 17.8 Å². The van der Waals surface area contributed by atoms with Crippen LogP contribution in [0, 0.1) is 17.8 Å². The normalized spacial score (nSPS) is 31.2. The van der Waals surface area contributed by atoms with Gasteiger partial charge in [0.2, 0.25) is 15.9 Å². The maximum Gasteiger partial charge on any atom is 0.264 e. The minimum atomic E-state index is -4.01. The Morgan fingerprint density at radius 2 is 1.92 bits per heavy atom. The maximum absolute atomic E-state index is 13.9. The van der Waals surface area contributed by atoms with Gasteiger partial charge in [-0.1, -0.05) is 36.7 Å². The number of halogens is 1. The molecular weight excluding hydrogens is 686 g/mol. The Bertz CT molecular complexity index is 1810. The number of hydrogen-bond donors (Lipinski definition) is 1. The van der Waals surface area contributed by atoms with Crippen molar-refractivity contribution in [2.45, 2.75) is 101 Å². The zero-order valence-electron chi connectivity index (χ0n) is 31.1. The summed E-state index contributed by atoms with van der Waals surface area (Å²) in [6.45, 7) is 11.3. The van der Waals surface area contributed by atoms with E-state index in [1.165, 1.54) is 11.1 Å². The molecule has 4 aliphatic rings. The molecule has 9 nitrogen and oxygen atoms in total. The van der Waals surface area contributed by atoms with E-state index in [2.05, 4.69) is 21.8 Å². The average Bonchev–Trinajstić information content (AvgIpc) is 3.21. The maximum atomic E-state index is 13.9. The molecule has 0 unspecified atom stereocenters. The predicted molar refractivity (Wildman–Crippen MR) is 202 cm³/mol. The Labute approximate surface area is 309 Å². The molecule has 2 amide bonds. The molecule has 51 heavy (non-hydrogen) atoms. The lowest BCUT2D eigenvalue weighted by molar-refractivity contribution is -0.145. The lowest BCUT2D eigenvalue weighted by Gasteiger charge is -2.51. The first-order chi connectivity index (χ1) is 24.0. The molecule has 0 radical (unpaired) electrons. The van der Waals surface area contributed by atoms with Crippen LogP contribution in [0.15, 0.2) is 48.6 Å². The number of ether oxygens (including phenoxy) is 2. The van der Waals surface area contributed by atoms with E-state index in [-0.39, 0.29) is 46.6 Å². The fourth-order valence-corrected chi connectivity index (χ4v) is 10.0. The fourth-order valence-electron chi connectivity index (χ4n) is 8.56. The van der Waals surface area contributed by atoms with Crippen LogP contribution < -0.4 is 14.4 Å². The topological polar surface area (TPSA) is 105 Å². The predicted octanol–water partition coefficient (Wildman–Crippen LogP) is 6.92. The van der Waals surface area contributed by atoms with Crippen molar-refractivity contribution >= 4 is 39.1 Å². The van der Waals surface area contributed by atoms with Crippen LogP contribution in [0.3, 0.4) is 0 Å². The molecule has 2 bridgehead atoms. The molecule has 2 aliphatic heterocycles. The van der Waals surface area contributed by atoms with Gasteiger partial charge in [0, 0.05) is 48.8 Å². The van der Waals surface area contributed by atoms with Crippen LogP contribution in [0.1, 0.15) is 94.6 Å². The number of amides is 2. The Morgan fingerprint density at radius 3 is 2.61 bits per heavy atom. The third-order valence-electron chi connectivity index (χ3n) is 12.4. The highest BCUT2D eigenvalue weighted by Gasteiger charge is 2.50. The van der Waals surface area contributed by atoms with Crippen LogP contribution in [0.5, 0.6) is 5.75 Å². The van der Waals surface area contributed by atoms with Crippen LogP contribution in [-0.4, -0.2) is 75.4 Å². The first-order valence-corrected chi connectivity index (χ1v) is 20.3. The standard InChI is InChI=1S/C40H54ClN3O6S/c1-26-10-8-19-40(49-7,22-36(45)43(6)38(3,4)5)33-15-12-30(33)23-44-24-39(18-9-11-28-20-31(41)14-16-32(28)39)25-50-35-17-13-29(21-34(35)44)37(46)42-51(47,48)27(26)2/h8,13-14,16-17,19-21,26-27,30,33H,9-12,15,18,22-25H2,1-7H3,(H,42,46)/b19-8+/t26-,27+,30-,33+,39-,40+/m0/s1. The summed E-state index contributed by atoms with van der Waals surface area (Å²) in [5.74, 6) is -0.0905. The van der Waals surface area contributed by atoms with Gasteiger partial charge in [-0.2, -0.15) is 0 Å². The molecular formula is C40H54ClN3O6S. The number of aryl methyl sites for hydroxylation is 1. The fraction of sp³-hybridized carbons (Fsp3) is 0.600. The Hall–Kier alpha value is -3.08. The molecule has 1 fully saturated rings. The molecule has 278 valence electrons. The number of carbonyl (C=O) groups excluding carboxylic acids is 2. The zero-order valence-corrected chi connectivity index (χ0v) is 32.7. The summed E-state index contributed by atoms with van der Waals surface area (Å²) in [4.78, 5) is 31.6. The van der Waals surface area contributed by atoms with Crippen molar-refractivity contribution in [1.29, 1.82) is 0 Å². The van der Waals surface area contributed by atoms with E-state index in [4.69, 9.17) is 21.1 Å². The highest BCUT2D eigenvalue weighted by Crippen LogP contribution is 2.50. The van der Waals surface area contributed by atoms with Crippen molar-refractivity contribution in [3.05, 3.63) is 70.3 Å². The zero-order chi connectivity index (χ0) is 36.9. The lowest BCUT2D eigenvalue weighted by Crippen LogP contribution is -2.55. The van der Waals surface area contributed by atoms with Gasteiger partial charge < -0.3 is 19.3 Å². The van der Waals surface area contributed by atoms with Crippen molar-refractivity contribution in [1.82, 2.24) is 9.62 Å². The van der Waals surface area contributed by atoms with Crippen molar-refractivity contribution in [3.63, 3.8) is 0 Å². The lowest BCUT2D eigenvalue weighted by atomic mass is 9.62. The van der Waals surface area contributed by atoms with Gasteiger partial charge in [-0.3, -0.25) is 9.59 Å². The van der Waals surface area contributed by atoms with E-state index < -0.39 is 26.8 Å². The van der Waals surface area contributed by atoms with Crippen LogP contribution >= 0.6 is 11.6 Å². The molecule has 2 heterocycles.